The normalized spacial score (nSPS) is 16.5. The third kappa shape index (κ3) is 3.31. The van der Waals surface area contributed by atoms with Crippen LogP contribution in [0.4, 0.5) is 5.69 Å². The molecule has 0 bridgehead atoms. The number of carbonyl (C=O) groups is 2. The first-order chi connectivity index (χ1) is 12.3. The summed E-state index contributed by atoms with van der Waals surface area (Å²) in [7, 11) is 1.97. The average Bonchev–Trinajstić information content (AvgIpc) is 2.82. The number of ketones is 1. The molecule has 4 nitrogen and oxygen atoms in total. The number of likely N-dealkylation sites (N-methyl/N-ethyl adjacent to an activating group) is 1. The lowest BCUT2D eigenvalue weighted by Crippen LogP contribution is -2.25. The molecule has 134 valence electrons. The first-order valence-corrected chi connectivity index (χ1v) is 9.09. The predicted molar refractivity (Wildman–Crippen MR) is 106 cm³/mol. The summed E-state index contributed by atoms with van der Waals surface area (Å²) >= 11 is 3.31. The number of allylic oxidation sites excluding steroid dienone is 1. The fourth-order valence-electron chi connectivity index (χ4n) is 3.34. The summed E-state index contributed by atoms with van der Waals surface area (Å²) in [6.07, 6.45) is 2.35. The van der Waals surface area contributed by atoms with Crippen LogP contribution in [0.3, 0.4) is 0 Å². The van der Waals surface area contributed by atoms with Crippen molar-refractivity contribution in [1.82, 2.24) is 0 Å². The molecule has 0 saturated carbocycles. The molecular weight excluding hydrogens is 394 g/mol. The van der Waals surface area contributed by atoms with E-state index in [0.29, 0.717) is 17.6 Å². The van der Waals surface area contributed by atoms with E-state index >= 15 is 0 Å². The quantitative estimate of drug-likeness (QED) is 0.533. The van der Waals surface area contributed by atoms with Gasteiger partial charge in [-0.3, -0.25) is 9.59 Å². The second-order valence-electron chi connectivity index (χ2n) is 6.79. The number of fused-ring (bicyclic) bond motifs is 1. The summed E-state index contributed by atoms with van der Waals surface area (Å²) in [4.78, 5) is 25.7. The van der Waals surface area contributed by atoms with Crippen LogP contribution < -0.4 is 9.64 Å². The molecule has 0 aromatic heterocycles. The fraction of sp³-hybridized carbons (Fsp3) is 0.238. The van der Waals surface area contributed by atoms with Gasteiger partial charge >= 0.3 is 0 Å². The molecule has 0 spiro atoms. The summed E-state index contributed by atoms with van der Waals surface area (Å²) in [6.45, 7) is 4.09. The highest BCUT2D eigenvalue weighted by molar-refractivity contribution is 9.10. The van der Waals surface area contributed by atoms with Gasteiger partial charge in [0.15, 0.2) is 18.7 Å². The maximum atomic E-state index is 12.5. The third-order valence-corrected chi connectivity index (χ3v) is 5.20. The first kappa shape index (κ1) is 18.4. The van der Waals surface area contributed by atoms with E-state index in [-0.39, 0.29) is 17.8 Å². The molecular formula is C21H20BrNO3. The molecule has 0 aliphatic carbocycles. The highest BCUT2D eigenvalue weighted by atomic mass is 79.9. The Kier molecular flexibility index (Phi) is 5.01. The Labute approximate surface area is 161 Å². The second-order valence-corrected chi connectivity index (χ2v) is 7.70. The monoisotopic (exact) mass is 413 g/mol. The zero-order chi connectivity index (χ0) is 18.9. The van der Waals surface area contributed by atoms with Crippen LogP contribution in [0.5, 0.6) is 5.75 Å². The van der Waals surface area contributed by atoms with Crippen molar-refractivity contribution in [2.45, 2.75) is 19.3 Å². The van der Waals surface area contributed by atoms with E-state index in [4.69, 9.17) is 4.74 Å². The van der Waals surface area contributed by atoms with Crippen LogP contribution in [0.25, 0.3) is 0 Å². The van der Waals surface area contributed by atoms with Crippen molar-refractivity contribution in [1.29, 1.82) is 0 Å². The van der Waals surface area contributed by atoms with Crippen LogP contribution >= 0.6 is 15.9 Å². The van der Waals surface area contributed by atoms with Crippen LogP contribution in [0.2, 0.25) is 0 Å². The van der Waals surface area contributed by atoms with E-state index in [1.807, 2.05) is 24.1 Å². The number of anilines is 1. The van der Waals surface area contributed by atoms with Gasteiger partial charge in [-0.25, -0.2) is 0 Å². The van der Waals surface area contributed by atoms with Gasteiger partial charge in [-0.1, -0.05) is 48.0 Å². The summed E-state index contributed by atoms with van der Waals surface area (Å²) in [5.41, 5.74) is 3.38. The summed E-state index contributed by atoms with van der Waals surface area (Å²) in [6, 6.07) is 13.3. The Morgan fingerprint density at radius 1 is 1.23 bits per heavy atom. The molecule has 0 fully saturated rings. The number of rotatable bonds is 5. The number of nitrogens with zero attached hydrogens (tertiary/aromatic N) is 1. The van der Waals surface area contributed by atoms with Crippen LogP contribution in [-0.4, -0.2) is 25.7 Å². The van der Waals surface area contributed by atoms with Gasteiger partial charge in [-0.2, -0.15) is 0 Å². The number of aldehydes is 1. The largest absolute Gasteiger partial charge is 0.485 e. The molecule has 0 N–H and O–H groups in total. The maximum Gasteiger partial charge on any atom is 0.194 e. The molecule has 26 heavy (non-hydrogen) atoms. The number of benzene rings is 2. The number of hydrogen-bond acceptors (Lipinski definition) is 4. The van der Waals surface area contributed by atoms with E-state index in [9.17, 15) is 9.59 Å². The smallest absolute Gasteiger partial charge is 0.194 e. The van der Waals surface area contributed by atoms with Gasteiger partial charge in [0.25, 0.3) is 0 Å². The average molecular weight is 414 g/mol. The van der Waals surface area contributed by atoms with Gasteiger partial charge in [0, 0.05) is 34.4 Å². The molecule has 0 amide bonds. The highest BCUT2D eigenvalue weighted by Gasteiger charge is 2.38. The molecule has 2 aromatic carbocycles. The van der Waals surface area contributed by atoms with Gasteiger partial charge in [-0.05, 0) is 29.8 Å². The topological polar surface area (TPSA) is 46.6 Å². The number of carbonyl (C=O) groups excluding carboxylic acids is 2. The molecule has 0 atom stereocenters. The molecule has 0 radical (unpaired) electrons. The van der Waals surface area contributed by atoms with E-state index in [1.54, 1.807) is 24.3 Å². The Morgan fingerprint density at radius 3 is 2.65 bits per heavy atom. The van der Waals surface area contributed by atoms with Crippen molar-refractivity contribution in [3.8, 4) is 5.75 Å². The van der Waals surface area contributed by atoms with Crippen molar-refractivity contribution in [2.75, 3.05) is 18.6 Å². The third-order valence-electron chi connectivity index (χ3n) is 4.71. The molecule has 3 rings (SSSR count). The zero-order valence-electron chi connectivity index (χ0n) is 15.0. The minimum absolute atomic E-state index is 0.119. The number of ether oxygens (including phenoxy) is 1. The van der Waals surface area contributed by atoms with E-state index in [2.05, 4.69) is 41.9 Å². The number of hydrogen-bond donors (Lipinski definition) is 0. The number of para-hydroxylation sites is 1. The fourth-order valence-corrected chi connectivity index (χ4v) is 3.72. The lowest BCUT2D eigenvalue weighted by Gasteiger charge is -2.24. The van der Waals surface area contributed by atoms with Crippen LogP contribution in [0.15, 0.2) is 58.7 Å². The Balaban J connectivity index is 1.79. The molecule has 2 aromatic rings. The minimum atomic E-state index is -0.257. The maximum absolute atomic E-state index is 12.5. The van der Waals surface area contributed by atoms with Crippen LogP contribution in [-0.2, 0) is 10.2 Å². The Hall–Kier alpha value is -2.40. The van der Waals surface area contributed by atoms with E-state index < -0.39 is 0 Å². The SMILES string of the molecule is CN1/C(=C\C(=O)COc2ccc(Br)cc2C=O)C(C)(C)c2ccccc21. The van der Waals surface area contributed by atoms with Crippen molar-refractivity contribution in [2.24, 2.45) is 0 Å². The second kappa shape index (κ2) is 7.08. The summed E-state index contributed by atoms with van der Waals surface area (Å²) < 4.78 is 6.36. The van der Waals surface area contributed by atoms with Crippen molar-refractivity contribution in [3.63, 3.8) is 0 Å². The van der Waals surface area contributed by atoms with Crippen molar-refractivity contribution in [3.05, 3.63) is 69.8 Å². The molecule has 0 saturated heterocycles. The van der Waals surface area contributed by atoms with Gasteiger partial charge in [0.05, 0.1) is 5.56 Å². The van der Waals surface area contributed by atoms with Crippen molar-refractivity contribution >= 4 is 33.7 Å². The van der Waals surface area contributed by atoms with E-state index in [1.165, 1.54) is 5.56 Å². The highest BCUT2D eigenvalue weighted by Crippen LogP contribution is 2.46. The van der Waals surface area contributed by atoms with E-state index in [0.717, 1.165) is 15.9 Å². The Bertz CT molecular complexity index is 902. The van der Waals surface area contributed by atoms with Gasteiger partial charge in [0.1, 0.15) is 5.75 Å². The van der Waals surface area contributed by atoms with Gasteiger partial charge in [-0.15, -0.1) is 0 Å². The molecule has 5 heteroatoms. The molecule has 1 aliphatic rings. The Morgan fingerprint density at radius 2 is 1.96 bits per heavy atom. The summed E-state index contributed by atoms with van der Waals surface area (Å²) in [5, 5.41) is 0. The standard InChI is InChI=1S/C21H20BrNO3/c1-21(2)17-6-4-5-7-18(17)23(3)20(21)11-16(25)13-26-19-9-8-15(22)10-14(19)12-24/h4-12H,13H2,1-3H3/b20-11-. The molecule has 0 unspecified atom stereocenters. The zero-order valence-corrected chi connectivity index (χ0v) is 16.5. The van der Waals surface area contributed by atoms with Gasteiger partial charge < -0.3 is 9.64 Å². The minimum Gasteiger partial charge on any atom is -0.485 e. The lowest BCUT2D eigenvalue weighted by atomic mass is 9.83. The first-order valence-electron chi connectivity index (χ1n) is 8.30. The van der Waals surface area contributed by atoms with Gasteiger partial charge in [0.2, 0.25) is 0 Å². The van der Waals surface area contributed by atoms with Crippen LogP contribution in [0, 0.1) is 0 Å². The summed E-state index contributed by atoms with van der Waals surface area (Å²) in [5.74, 6) is 0.254. The predicted octanol–water partition coefficient (Wildman–Crippen LogP) is 4.52. The van der Waals surface area contributed by atoms with Crippen LogP contribution in [0.1, 0.15) is 29.8 Å². The molecule has 1 aliphatic heterocycles. The number of halogens is 1. The lowest BCUT2D eigenvalue weighted by molar-refractivity contribution is -0.116. The van der Waals surface area contributed by atoms with Crippen molar-refractivity contribution < 1.29 is 14.3 Å². The molecule has 1 heterocycles.